The number of benzene rings is 1. The van der Waals surface area contributed by atoms with Crippen LogP contribution in [0.5, 0.6) is 0 Å². The highest BCUT2D eigenvalue weighted by molar-refractivity contribution is 9.10. The molecule has 0 aromatic heterocycles. The third-order valence-corrected chi connectivity index (χ3v) is 4.03. The number of sulfonamides is 1. The highest BCUT2D eigenvalue weighted by Crippen LogP contribution is 2.16. The van der Waals surface area contributed by atoms with Gasteiger partial charge in [-0.25, -0.2) is 13.1 Å². The summed E-state index contributed by atoms with van der Waals surface area (Å²) < 4.78 is 31.7. The lowest BCUT2D eigenvalue weighted by molar-refractivity contribution is 0.139. The standard InChI is InChI=1S/C10H14BrNO4S/c1-16-7-9(6-13)12-17(14,15)10-4-2-3-8(11)5-10/h2-5,9,12-13H,6-7H2,1H3. The van der Waals surface area contributed by atoms with Gasteiger partial charge in [0.2, 0.25) is 10.0 Å². The van der Waals surface area contributed by atoms with Crippen LogP contribution in [0.2, 0.25) is 0 Å². The molecule has 0 aliphatic rings. The second kappa shape index (κ2) is 6.46. The average molecular weight is 324 g/mol. The summed E-state index contributed by atoms with van der Waals surface area (Å²) >= 11 is 3.20. The predicted octanol–water partition coefficient (Wildman–Crippen LogP) is 0.735. The lowest BCUT2D eigenvalue weighted by Gasteiger charge is -2.15. The van der Waals surface area contributed by atoms with E-state index in [1.54, 1.807) is 12.1 Å². The summed E-state index contributed by atoms with van der Waals surface area (Å²) in [7, 11) is -2.20. The number of hydrogen-bond donors (Lipinski definition) is 2. The first-order valence-corrected chi connectivity index (χ1v) is 7.15. The van der Waals surface area contributed by atoms with Gasteiger partial charge in [-0.1, -0.05) is 22.0 Å². The van der Waals surface area contributed by atoms with E-state index in [1.165, 1.54) is 19.2 Å². The molecule has 1 aromatic rings. The molecule has 1 unspecified atom stereocenters. The van der Waals surface area contributed by atoms with Crippen molar-refractivity contribution in [1.82, 2.24) is 4.72 Å². The van der Waals surface area contributed by atoms with Crippen LogP contribution >= 0.6 is 15.9 Å². The van der Waals surface area contributed by atoms with Crippen LogP contribution in [0.15, 0.2) is 33.6 Å². The van der Waals surface area contributed by atoms with Crippen LogP contribution < -0.4 is 4.72 Å². The van der Waals surface area contributed by atoms with Gasteiger partial charge in [0.05, 0.1) is 24.2 Å². The molecule has 0 heterocycles. The maximum atomic E-state index is 11.9. The fourth-order valence-electron chi connectivity index (χ4n) is 1.25. The summed E-state index contributed by atoms with van der Waals surface area (Å²) in [5.41, 5.74) is 0. The van der Waals surface area contributed by atoms with Crippen molar-refractivity contribution in [1.29, 1.82) is 0 Å². The van der Waals surface area contributed by atoms with Gasteiger partial charge >= 0.3 is 0 Å². The van der Waals surface area contributed by atoms with Crippen molar-refractivity contribution in [3.8, 4) is 0 Å². The van der Waals surface area contributed by atoms with Crippen LogP contribution in [0.3, 0.4) is 0 Å². The number of nitrogens with one attached hydrogen (secondary N) is 1. The Morgan fingerprint density at radius 2 is 2.24 bits per heavy atom. The van der Waals surface area contributed by atoms with Crippen LogP contribution in [0.1, 0.15) is 0 Å². The summed E-state index contributed by atoms with van der Waals surface area (Å²) in [5.74, 6) is 0. The zero-order valence-electron chi connectivity index (χ0n) is 9.26. The molecule has 2 N–H and O–H groups in total. The lowest BCUT2D eigenvalue weighted by atomic mass is 10.4. The van der Waals surface area contributed by atoms with Gasteiger partial charge in [0.25, 0.3) is 0 Å². The highest BCUT2D eigenvalue weighted by Gasteiger charge is 2.19. The van der Waals surface area contributed by atoms with Crippen LogP contribution in [-0.4, -0.2) is 39.9 Å². The largest absolute Gasteiger partial charge is 0.395 e. The van der Waals surface area contributed by atoms with Gasteiger partial charge in [0.15, 0.2) is 0 Å². The van der Waals surface area contributed by atoms with E-state index in [0.717, 1.165) is 0 Å². The molecule has 96 valence electrons. The molecule has 0 saturated heterocycles. The minimum absolute atomic E-state index is 0.115. The molecule has 0 spiro atoms. The monoisotopic (exact) mass is 323 g/mol. The molecule has 0 radical (unpaired) electrons. The first-order valence-electron chi connectivity index (χ1n) is 4.87. The Morgan fingerprint density at radius 1 is 1.53 bits per heavy atom. The van der Waals surface area contributed by atoms with E-state index < -0.39 is 16.1 Å². The molecule has 0 bridgehead atoms. The summed E-state index contributed by atoms with van der Waals surface area (Å²) in [6, 6.07) is 5.68. The third-order valence-electron chi connectivity index (χ3n) is 2.02. The van der Waals surface area contributed by atoms with Crippen LogP contribution in [0.25, 0.3) is 0 Å². The van der Waals surface area contributed by atoms with E-state index in [2.05, 4.69) is 20.7 Å². The fourth-order valence-corrected chi connectivity index (χ4v) is 3.05. The molecule has 0 aliphatic heterocycles. The molecule has 1 atom stereocenters. The molecule has 1 rings (SSSR count). The van der Waals surface area contributed by atoms with E-state index in [-0.39, 0.29) is 18.1 Å². The molecule has 1 aromatic carbocycles. The van der Waals surface area contributed by atoms with Gasteiger partial charge in [-0.15, -0.1) is 0 Å². The third kappa shape index (κ3) is 4.36. The predicted molar refractivity (Wildman–Crippen MR) is 67.2 cm³/mol. The summed E-state index contributed by atoms with van der Waals surface area (Å²) in [6.07, 6.45) is 0. The molecular weight excluding hydrogens is 310 g/mol. The highest BCUT2D eigenvalue weighted by atomic mass is 79.9. The fraction of sp³-hybridized carbons (Fsp3) is 0.400. The number of halogens is 1. The lowest BCUT2D eigenvalue weighted by Crippen LogP contribution is -2.40. The Morgan fingerprint density at radius 3 is 2.76 bits per heavy atom. The topological polar surface area (TPSA) is 75.6 Å². The quantitative estimate of drug-likeness (QED) is 0.809. The number of hydrogen-bond acceptors (Lipinski definition) is 4. The molecular formula is C10H14BrNO4S. The van der Waals surface area contributed by atoms with Crippen molar-refractivity contribution in [2.24, 2.45) is 0 Å². The molecule has 5 nitrogen and oxygen atoms in total. The second-order valence-corrected chi connectivity index (χ2v) is 6.04. The zero-order chi connectivity index (χ0) is 12.9. The van der Waals surface area contributed by atoms with Crippen molar-refractivity contribution < 1.29 is 18.3 Å². The smallest absolute Gasteiger partial charge is 0.241 e. The molecule has 7 heteroatoms. The van der Waals surface area contributed by atoms with Crippen LogP contribution in [0, 0.1) is 0 Å². The van der Waals surface area contributed by atoms with Gasteiger partial charge in [0.1, 0.15) is 0 Å². The van der Waals surface area contributed by atoms with Crippen molar-refractivity contribution >= 4 is 26.0 Å². The molecule has 0 amide bonds. The molecule has 0 fully saturated rings. The molecule has 0 saturated carbocycles. The van der Waals surface area contributed by atoms with Gasteiger partial charge in [-0.05, 0) is 18.2 Å². The van der Waals surface area contributed by atoms with Crippen molar-refractivity contribution in [2.75, 3.05) is 20.3 Å². The summed E-state index contributed by atoms with van der Waals surface area (Å²) in [5, 5.41) is 9.01. The van der Waals surface area contributed by atoms with E-state index >= 15 is 0 Å². The van der Waals surface area contributed by atoms with Gasteiger partial charge in [-0.2, -0.15) is 0 Å². The minimum Gasteiger partial charge on any atom is -0.395 e. The number of aliphatic hydroxyl groups is 1. The maximum Gasteiger partial charge on any atom is 0.241 e. The SMILES string of the molecule is COCC(CO)NS(=O)(=O)c1cccc(Br)c1. The molecule has 0 aliphatic carbocycles. The van der Waals surface area contributed by atoms with Crippen molar-refractivity contribution in [2.45, 2.75) is 10.9 Å². The van der Waals surface area contributed by atoms with Crippen molar-refractivity contribution in [3.63, 3.8) is 0 Å². The number of aliphatic hydroxyl groups excluding tert-OH is 1. The number of ether oxygens (including phenoxy) is 1. The first kappa shape index (κ1) is 14.6. The van der Waals surface area contributed by atoms with E-state index in [1.807, 2.05) is 0 Å². The summed E-state index contributed by atoms with van der Waals surface area (Å²) in [6.45, 7) is -0.204. The van der Waals surface area contributed by atoms with Crippen LogP contribution in [0.4, 0.5) is 0 Å². The second-order valence-electron chi connectivity index (χ2n) is 3.41. The van der Waals surface area contributed by atoms with E-state index in [9.17, 15) is 8.42 Å². The Kier molecular flexibility index (Phi) is 5.54. The molecule has 17 heavy (non-hydrogen) atoms. The number of methoxy groups -OCH3 is 1. The Hall–Kier alpha value is -0.470. The van der Waals surface area contributed by atoms with E-state index in [4.69, 9.17) is 9.84 Å². The maximum absolute atomic E-state index is 11.9. The Balaban J connectivity index is 2.88. The summed E-state index contributed by atoms with van der Waals surface area (Å²) in [4.78, 5) is 0.140. The Bertz CT molecular complexity index is 463. The normalized spacial score (nSPS) is 13.6. The van der Waals surface area contributed by atoms with Crippen LogP contribution in [-0.2, 0) is 14.8 Å². The first-order chi connectivity index (χ1) is 7.99. The number of rotatable bonds is 6. The minimum atomic E-state index is -3.64. The van der Waals surface area contributed by atoms with Crippen molar-refractivity contribution in [3.05, 3.63) is 28.7 Å². The zero-order valence-corrected chi connectivity index (χ0v) is 11.7. The van der Waals surface area contributed by atoms with Gasteiger partial charge in [-0.3, -0.25) is 0 Å². The Labute approximate surface area is 109 Å². The van der Waals surface area contributed by atoms with Gasteiger partial charge < -0.3 is 9.84 Å². The average Bonchev–Trinajstić information content (AvgIpc) is 2.28. The van der Waals surface area contributed by atoms with Gasteiger partial charge in [0, 0.05) is 11.6 Å². The van der Waals surface area contributed by atoms with E-state index in [0.29, 0.717) is 4.47 Å².